The lowest BCUT2D eigenvalue weighted by atomic mass is 10.1. The van der Waals surface area contributed by atoms with Crippen LogP contribution in [0.25, 0.3) is 0 Å². The molecule has 0 aliphatic heterocycles. The number of carbonyl (C=O) groups excluding carboxylic acids is 1. The van der Waals surface area contributed by atoms with E-state index in [0.29, 0.717) is 23.3 Å². The molecule has 1 aromatic carbocycles. The smallest absolute Gasteiger partial charge is 0.368 e. The number of rotatable bonds is 5. The summed E-state index contributed by atoms with van der Waals surface area (Å²) in [6.07, 6.45) is -4.42. The molecular formula is C15H14ClF3N4O. The third-order valence-electron chi connectivity index (χ3n) is 3.00. The molecule has 0 saturated carbocycles. The lowest BCUT2D eigenvalue weighted by Gasteiger charge is -2.09. The Hall–Kier alpha value is -2.35. The SMILES string of the molecule is Cc1nc(Cl)cc(NCCNC(=O)c2ccc(C(F)(F)F)cc2)n1. The van der Waals surface area contributed by atoms with E-state index in [1.165, 1.54) is 0 Å². The first-order chi connectivity index (χ1) is 11.3. The van der Waals surface area contributed by atoms with Crippen LogP contribution in [0.3, 0.4) is 0 Å². The molecule has 0 aliphatic rings. The van der Waals surface area contributed by atoms with E-state index in [2.05, 4.69) is 20.6 Å². The second-order valence-corrected chi connectivity index (χ2v) is 5.27. The van der Waals surface area contributed by atoms with E-state index in [0.717, 1.165) is 24.3 Å². The Balaban J connectivity index is 1.83. The van der Waals surface area contributed by atoms with Gasteiger partial charge in [-0.1, -0.05) is 11.6 Å². The van der Waals surface area contributed by atoms with Gasteiger partial charge in [-0.3, -0.25) is 4.79 Å². The number of aromatic nitrogens is 2. The first kappa shape index (κ1) is 18.0. The average Bonchev–Trinajstić information content (AvgIpc) is 2.50. The fraction of sp³-hybridized carbons (Fsp3) is 0.267. The molecule has 24 heavy (non-hydrogen) atoms. The van der Waals surface area contributed by atoms with Gasteiger partial charge in [0.1, 0.15) is 16.8 Å². The topological polar surface area (TPSA) is 66.9 Å². The van der Waals surface area contributed by atoms with Crippen molar-refractivity contribution in [2.75, 3.05) is 18.4 Å². The van der Waals surface area contributed by atoms with E-state index < -0.39 is 17.6 Å². The number of hydrogen-bond acceptors (Lipinski definition) is 4. The van der Waals surface area contributed by atoms with Gasteiger partial charge in [-0.05, 0) is 31.2 Å². The first-order valence-electron chi connectivity index (χ1n) is 6.96. The van der Waals surface area contributed by atoms with Crippen molar-refractivity contribution in [3.05, 3.63) is 52.4 Å². The summed E-state index contributed by atoms with van der Waals surface area (Å²) in [5, 5.41) is 5.87. The minimum atomic E-state index is -4.42. The van der Waals surface area contributed by atoms with Crippen molar-refractivity contribution in [3.63, 3.8) is 0 Å². The molecule has 0 atom stereocenters. The molecule has 1 aromatic heterocycles. The maximum absolute atomic E-state index is 12.5. The number of alkyl halides is 3. The maximum Gasteiger partial charge on any atom is 0.416 e. The zero-order chi connectivity index (χ0) is 17.7. The standard InChI is InChI=1S/C15H14ClF3N4O/c1-9-22-12(16)8-13(23-9)20-6-7-21-14(24)10-2-4-11(5-3-10)15(17,18)19/h2-5,8H,6-7H2,1H3,(H,21,24)(H,20,22,23). The molecule has 1 heterocycles. The Morgan fingerprint density at radius 1 is 1.17 bits per heavy atom. The van der Waals surface area contributed by atoms with Gasteiger partial charge in [0.15, 0.2) is 0 Å². The molecule has 2 rings (SSSR count). The Bertz CT molecular complexity index is 699. The fourth-order valence-corrected chi connectivity index (χ4v) is 2.13. The van der Waals surface area contributed by atoms with Crippen molar-refractivity contribution in [2.24, 2.45) is 0 Å². The highest BCUT2D eigenvalue weighted by molar-refractivity contribution is 6.29. The van der Waals surface area contributed by atoms with Gasteiger partial charge in [0.2, 0.25) is 0 Å². The molecule has 0 unspecified atom stereocenters. The van der Waals surface area contributed by atoms with Gasteiger partial charge in [0.25, 0.3) is 5.91 Å². The van der Waals surface area contributed by atoms with E-state index in [-0.39, 0.29) is 12.1 Å². The second-order valence-electron chi connectivity index (χ2n) is 4.88. The summed E-state index contributed by atoms with van der Waals surface area (Å²) in [7, 11) is 0. The van der Waals surface area contributed by atoms with E-state index in [1.807, 2.05) is 0 Å². The minimum Gasteiger partial charge on any atom is -0.368 e. The fourth-order valence-electron chi connectivity index (χ4n) is 1.90. The van der Waals surface area contributed by atoms with Gasteiger partial charge in [-0.15, -0.1) is 0 Å². The summed E-state index contributed by atoms with van der Waals surface area (Å²) in [5.41, 5.74) is -0.638. The summed E-state index contributed by atoms with van der Waals surface area (Å²) in [4.78, 5) is 19.9. The molecular weight excluding hydrogens is 345 g/mol. The predicted molar refractivity (Wildman–Crippen MR) is 84.0 cm³/mol. The summed E-state index contributed by atoms with van der Waals surface area (Å²) in [6.45, 7) is 2.34. The lowest BCUT2D eigenvalue weighted by molar-refractivity contribution is -0.137. The van der Waals surface area contributed by atoms with Crippen molar-refractivity contribution in [2.45, 2.75) is 13.1 Å². The molecule has 2 aromatic rings. The molecule has 0 fully saturated rings. The number of aryl methyl sites for hydroxylation is 1. The van der Waals surface area contributed by atoms with Crippen molar-refractivity contribution < 1.29 is 18.0 Å². The van der Waals surface area contributed by atoms with Crippen LogP contribution in [0.5, 0.6) is 0 Å². The van der Waals surface area contributed by atoms with Gasteiger partial charge in [0.05, 0.1) is 5.56 Å². The highest BCUT2D eigenvalue weighted by Gasteiger charge is 2.30. The van der Waals surface area contributed by atoms with Crippen molar-refractivity contribution in [3.8, 4) is 0 Å². The number of amides is 1. The summed E-state index contributed by atoms with van der Waals surface area (Å²) >= 11 is 5.80. The third kappa shape index (κ3) is 5.09. The van der Waals surface area contributed by atoms with Crippen LogP contribution in [-0.2, 0) is 6.18 Å². The molecule has 0 saturated heterocycles. The maximum atomic E-state index is 12.5. The molecule has 5 nitrogen and oxygen atoms in total. The Kier molecular flexibility index (Phi) is 5.61. The lowest BCUT2D eigenvalue weighted by Crippen LogP contribution is -2.29. The number of carbonyl (C=O) groups is 1. The third-order valence-corrected chi connectivity index (χ3v) is 3.19. The van der Waals surface area contributed by atoms with Crippen LogP contribution in [0.1, 0.15) is 21.7 Å². The molecule has 0 spiro atoms. The Morgan fingerprint density at radius 2 is 1.83 bits per heavy atom. The predicted octanol–water partition coefficient (Wildman–Crippen LogP) is 3.30. The van der Waals surface area contributed by atoms with Crippen LogP contribution < -0.4 is 10.6 Å². The van der Waals surface area contributed by atoms with Crippen LogP contribution in [0, 0.1) is 6.92 Å². The number of nitrogens with one attached hydrogen (secondary N) is 2. The van der Waals surface area contributed by atoms with Crippen molar-refractivity contribution >= 4 is 23.3 Å². The van der Waals surface area contributed by atoms with Gasteiger partial charge in [0, 0.05) is 24.7 Å². The van der Waals surface area contributed by atoms with Crippen LogP contribution in [0.2, 0.25) is 5.15 Å². The molecule has 0 aliphatic carbocycles. The van der Waals surface area contributed by atoms with Gasteiger partial charge in [-0.2, -0.15) is 13.2 Å². The number of anilines is 1. The van der Waals surface area contributed by atoms with Crippen LogP contribution in [0.4, 0.5) is 19.0 Å². The number of hydrogen-bond donors (Lipinski definition) is 2. The number of nitrogens with zero attached hydrogens (tertiary/aromatic N) is 2. The molecule has 2 N–H and O–H groups in total. The number of benzene rings is 1. The molecule has 0 radical (unpaired) electrons. The van der Waals surface area contributed by atoms with Crippen LogP contribution in [0.15, 0.2) is 30.3 Å². The van der Waals surface area contributed by atoms with Crippen LogP contribution in [-0.4, -0.2) is 29.0 Å². The van der Waals surface area contributed by atoms with Crippen molar-refractivity contribution in [1.29, 1.82) is 0 Å². The summed E-state index contributed by atoms with van der Waals surface area (Å²) < 4.78 is 37.4. The first-order valence-corrected chi connectivity index (χ1v) is 7.34. The van der Waals surface area contributed by atoms with E-state index in [9.17, 15) is 18.0 Å². The Morgan fingerprint density at radius 3 is 2.42 bits per heavy atom. The Labute approximate surface area is 141 Å². The highest BCUT2D eigenvalue weighted by atomic mass is 35.5. The van der Waals surface area contributed by atoms with E-state index in [4.69, 9.17) is 11.6 Å². The van der Waals surface area contributed by atoms with Gasteiger partial charge < -0.3 is 10.6 Å². The van der Waals surface area contributed by atoms with Gasteiger partial charge in [-0.25, -0.2) is 9.97 Å². The average molecular weight is 359 g/mol. The molecule has 0 bridgehead atoms. The molecule has 9 heteroatoms. The summed E-state index contributed by atoms with van der Waals surface area (Å²) in [6, 6.07) is 5.57. The van der Waals surface area contributed by atoms with Crippen LogP contribution >= 0.6 is 11.6 Å². The normalized spacial score (nSPS) is 11.2. The summed E-state index contributed by atoms with van der Waals surface area (Å²) in [5.74, 6) is 0.581. The van der Waals surface area contributed by atoms with E-state index in [1.54, 1.807) is 13.0 Å². The molecule has 128 valence electrons. The zero-order valence-electron chi connectivity index (χ0n) is 12.6. The molecule has 1 amide bonds. The zero-order valence-corrected chi connectivity index (χ0v) is 13.4. The number of halogens is 4. The second kappa shape index (κ2) is 7.48. The van der Waals surface area contributed by atoms with E-state index >= 15 is 0 Å². The quantitative estimate of drug-likeness (QED) is 0.635. The van der Waals surface area contributed by atoms with Gasteiger partial charge >= 0.3 is 6.18 Å². The highest BCUT2D eigenvalue weighted by Crippen LogP contribution is 2.29. The van der Waals surface area contributed by atoms with Crippen molar-refractivity contribution in [1.82, 2.24) is 15.3 Å². The largest absolute Gasteiger partial charge is 0.416 e. The monoisotopic (exact) mass is 358 g/mol. The minimum absolute atomic E-state index is 0.156.